The summed E-state index contributed by atoms with van der Waals surface area (Å²) in [5.41, 5.74) is 2.55. The Bertz CT molecular complexity index is 868. The molecule has 0 spiro atoms. The van der Waals surface area contributed by atoms with Gasteiger partial charge in [-0.1, -0.05) is 6.08 Å². The highest BCUT2D eigenvalue weighted by atomic mass is 16.5. The summed E-state index contributed by atoms with van der Waals surface area (Å²) >= 11 is 0. The Morgan fingerprint density at radius 2 is 1.83 bits per heavy atom. The Morgan fingerprint density at radius 1 is 1.10 bits per heavy atom. The summed E-state index contributed by atoms with van der Waals surface area (Å²) in [6.07, 6.45) is 4.51. The predicted molar refractivity (Wildman–Crippen MR) is 111 cm³/mol. The van der Waals surface area contributed by atoms with Gasteiger partial charge in [-0.2, -0.15) is 0 Å². The van der Waals surface area contributed by atoms with Crippen molar-refractivity contribution in [3.8, 4) is 17.2 Å². The van der Waals surface area contributed by atoms with Crippen molar-refractivity contribution in [2.75, 3.05) is 45.9 Å². The second-order valence-electron chi connectivity index (χ2n) is 6.46. The predicted octanol–water partition coefficient (Wildman–Crippen LogP) is 3.58. The number of hydrogen-bond acceptors (Lipinski definition) is 7. The molecule has 0 radical (unpaired) electrons. The SMILES string of the molecule is CCOC(=O)c1ccc(N2CC=C(c3c(OC)cc(OC)cc3OC)CC2)nc1. The molecule has 29 heavy (non-hydrogen) atoms. The first-order valence-corrected chi connectivity index (χ1v) is 9.48. The third-order valence-corrected chi connectivity index (χ3v) is 4.83. The van der Waals surface area contributed by atoms with E-state index in [9.17, 15) is 4.79 Å². The van der Waals surface area contributed by atoms with Crippen LogP contribution in [0.15, 0.2) is 36.5 Å². The van der Waals surface area contributed by atoms with Crippen LogP contribution >= 0.6 is 0 Å². The fourth-order valence-electron chi connectivity index (χ4n) is 3.33. The van der Waals surface area contributed by atoms with E-state index < -0.39 is 0 Å². The maximum Gasteiger partial charge on any atom is 0.339 e. The number of methoxy groups -OCH3 is 3. The summed E-state index contributed by atoms with van der Waals surface area (Å²) in [6.45, 7) is 3.61. The average molecular weight is 398 g/mol. The van der Waals surface area contributed by atoms with E-state index >= 15 is 0 Å². The molecule has 2 heterocycles. The molecule has 0 saturated carbocycles. The number of carbonyl (C=O) groups excluding carboxylic acids is 1. The zero-order chi connectivity index (χ0) is 20.8. The summed E-state index contributed by atoms with van der Waals surface area (Å²) in [4.78, 5) is 18.4. The normalized spacial score (nSPS) is 13.5. The van der Waals surface area contributed by atoms with Crippen molar-refractivity contribution in [2.45, 2.75) is 13.3 Å². The minimum absolute atomic E-state index is 0.346. The van der Waals surface area contributed by atoms with Crippen LogP contribution in [0.1, 0.15) is 29.3 Å². The van der Waals surface area contributed by atoms with Gasteiger partial charge in [-0.15, -0.1) is 0 Å². The van der Waals surface area contributed by atoms with Gasteiger partial charge in [0.15, 0.2) is 0 Å². The van der Waals surface area contributed by atoms with Gasteiger partial charge in [-0.05, 0) is 31.1 Å². The van der Waals surface area contributed by atoms with Gasteiger partial charge in [0, 0.05) is 31.4 Å². The number of ether oxygens (including phenoxy) is 4. The molecule has 0 bridgehead atoms. The van der Waals surface area contributed by atoms with E-state index in [0.29, 0.717) is 24.5 Å². The summed E-state index contributed by atoms with van der Waals surface area (Å²) in [5.74, 6) is 2.59. The summed E-state index contributed by atoms with van der Waals surface area (Å²) in [6, 6.07) is 7.32. The van der Waals surface area contributed by atoms with Crippen molar-refractivity contribution in [1.82, 2.24) is 4.98 Å². The molecular weight excluding hydrogens is 372 g/mol. The van der Waals surface area contributed by atoms with Gasteiger partial charge in [-0.3, -0.25) is 0 Å². The van der Waals surface area contributed by atoms with Gasteiger partial charge in [0.25, 0.3) is 0 Å². The molecule has 0 unspecified atom stereocenters. The van der Waals surface area contributed by atoms with Crippen LogP contribution in [0.25, 0.3) is 5.57 Å². The van der Waals surface area contributed by atoms with E-state index in [0.717, 1.165) is 41.4 Å². The van der Waals surface area contributed by atoms with E-state index in [4.69, 9.17) is 18.9 Å². The molecule has 1 aliphatic heterocycles. The first-order valence-electron chi connectivity index (χ1n) is 9.48. The van der Waals surface area contributed by atoms with Crippen molar-refractivity contribution >= 4 is 17.4 Å². The molecular formula is C22H26N2O5. The highest BCUT2D eigenvalue weighted by Gasteiger charge is 2.21. The van der Waals surface area contributed by atoms with Crippen LogP contribution in [0.4, 0.5) is 5.82 Å². The van der Waals surface area contributed by atoms with E-state index in [1.807, 2.05) is 18.2 Å². The molecule has 154 valence electrons. The quantitative estimate of drug-likeness (QED) is 0.660. The second-order valence-corrected chi connectivity index (χ2v) is 6.46. The van der Waals surface area contributed by atoms with Gasteiger partial charge in [0.2, 0.25) is 0 Å². The number of hydrogen-bond donors (Lipinski definition) is 0. The minimum Gasteiger partial charge on any atom is -0.496 e. The molecule has 1 aliphatic rings. The summed E-state index contributed by atoms with van der Waals surface area (Å²) in [7, 11) is 4.90. The number of nitrogens with zero attached hydrogens (tertiary/aromatic N) is 2. The standard InChI is InChI=1S/C22H26N2O5/c1-5-29-22(25)16-6-7-20(23-14-16)24-10-8-15(9-11-24)21-18(27-3)12-17(26-2)13-19(21)28-4/h6-8,12-14H,5,9-11H2,1-4H3. The second kappa shape index (κ2) is 9.32. The maximum absolute atomic E-state index is 11.8. The molecule has 3 rings (SSSR count). The van der Waals surface area contributed by atoms with Gasteiger partial charge in [0.05, 0.1) is 39.1 Å². The lowest BCUT2D eigenvalue weighted by molar-refractivity contribution is 0.0526. The van der Waals surface area contributed by atoms with Crippen molar-refractivity contribution in [3.05, 3.63) is 47.7 Å². The summed E-state index contributed by atoms with van der Waals surface area (Å²) in [5, 5.41) is 0. The highest BCUT2D eigenvalue weighted by Crippen LogP contribution is 2.41. The fraction of sp³-hybridized carbons (Fsp3) is 0.364. The molecule has 0 atom stereocenters. The molecule has 7 heteroatoms. The third-order valence-electron chi connectivity index (χ3n) is 4.83. The van der Waals surface area contributed by atoms with E-state index in [1.54, 1.807) is 40.5 Å². The number of rotatable bonds is 7. The number of esters is 1. The van der Waals surface area contributed by atoms with Crippen LogP contribution in [0.3, 0.4) is 0 Å². The highest BCUT2D eigenvalue weighted by molar-refractivity contribution is 5.89. The van der Waals surface area contributed by atoms with Crippen LogP contribution in [0.2, 0.25) is 0 Å². The Morgan fingerprint density at radius 3 is 2.31 bits per heavy atom. The molecule has 0 saturated heterocycles. The molecule has 0 amide bonds. The van der Waals surface area contributed by atoms with Crippen molar-refractivity contribution in [2.24, 2.45) is 0 Å². The maximum atomic E-state index is 11.8. The molecule has 2 aromatic rings. The van der Waals surface area contributed by atoms with Gasteiger partial charge in [0.1, 0.15) is 23.1 Å². The molecule has 1 aromatic heterocycles. The zero-order valence-corrected chi connectivity index (χ0v) is 17.2. The Labute approximate surface area is 170 Å². The molecule has 1 aromatic carbocycles. The Kier molecular flexibility index (Phi) is 6.59. The molecule has 7 nitrogen and oxygen atoms in total. The lowest BCUT2D eigenvalue weighted by atomic mass is 9.97. The Balaban J connectivity index is 1.80. The Hall–Kier alpha value is -3.22. The van der Waals surface area contributed by atoms with Crippen molar-refractivity contribution < 1.29 is 23.7 Å². The topological polar surface area (TPSA) is 70.1 Å². The molecule has 0 N–H and O–H groups in total. The minimum atomic E-state index is -0.355. The number of aromatic nitrogens is 1. The number of anilines is 1. The average Bonchev–Trinajstić information content (AvgIpc) is 2.78. The zero-order valence-electron chi connectivity index (χ0n) is 17.2. The van der Waals surface area contributed by atoms with Crippen LogP contribution in [0, 0.1) is 0 Å². The fourth-order valence-corrected chi connectivity index (χ4v) is 3.33. The summed E-state index contributed by atoms with van der Waals surface area (Å²) < 4.78 is 21.5. The van der Waals surface area contributed by atoms with E-state index in [1.165, 1.54) is 0 Å². The lowest BCUT2D eigenvalue weighted by Gasteiger charge is -2.28. The van der Waals surface area contributed by atoms with Crippen LogP contribution < -0.4 is 19.1 Å². The van der Waals surface area contributed by atoms with Gasteiger partial charge >= 0.3 is 5.97 Å². The third kappa shape index (κ3) is 4.45. The van der Waals surface area contributed by atoms with E-state index in [2.05, 4.69) is 16.0 Å². The number of benzene rings is 1. The number of carbonyl (C=O) groups is 1. The van der Waals surface area contributed by atoms with Crippen LogP contribution in [-0.2, 0) is 4.74 Å². The largest absolute Gasteiger partial charge is 0.496 e. The molecule has 0 fully saturated rings. The molecule has 0 aliphatic carbocycles. The first-order chi connectivity index (χ1) is 14.1. The monoisotopic (exact) mass is 398 g/mol. The lowest BCUT2D eigenvalue weighted by Crippen LogP contribution is -2.29. The smallest absolute Gasteiger partial charge is 0.339 e. The first kappa shape index (κ1) is 20.5. The number of pyridine rings is 1. The van der Waals surface area contributed by atoms with Gasteiger partial charge < -0.3 is 23.8 Å². The van der Waals surface area contributed by atoms with Gasteiger partial charge in [-0.25, -0.2) is 9.78 Å². The van der Waals surface area contributed by atoms with E-state index in [-0.39, 0.29) is 5.97 Å². The van der Waals surface area contributed by atoms with Crippen molar-refractivity contribution in [3.63, 3.8) is 0 Å². The van der Waals surface area contributed by atoms with Crippen LogP contribution in [0.5, 0.6) is 17.2 Å². The van der Waals surface area contributed by atoms with Crippen molar-refractivity contribution in [1.29, 1.82) is 0 Å². The van der Waals surface area contributed by atoms with Crippen LogP contribution in [-0.4, -0.2) is 52.0 Å².